The number of nitro groups is 1. The van der Waals surface area contributed by atoms with E-state index >= 15 is 0 Å². The summed E-state index contributed by atoms with van der Waals surface area (Å²) in [5, 5.41) is 13.7. The summed E-state index contributed by atoms with van der Waals surface area (Å²) < 4.78 is 14.2. The van der Waals surface area contributed by atoms with Crippen molar-refractivity contribution < 1.29 is 14.1 Å². The molecule has 7 heteroatoms. The van der Waals surface area contributed by atoms with Crippen molar-refractivity contribution >= 4 is 17.3 Å². The Morgan fingerprint density at radius 2 is 1.89 bits per heavy atom. The van der Waals surface area contributed by atoms with E-state index in [4.69, 9.17) is 0 Å². The van der Waals surface area contributed by atoms with Crippen molar-refractivity contribution in [2.45, 2.75) is 26.3 Å². The summed E-state index contributed by atoms with van der Waals surface area (Å²) in [4.78, 5) is 24.3. The zero-order chi connectivity index (χ0) is 19.4. The molecule has 0 unspecified atom stereocenters. The van der Waals surface area contributed by atoms with E-state index in [2.05, 4.69) is 5.32 Å². The molecule has 2 aromatic carbocycles. The molecule has 0 aromatic heterocycles. The standard InChI is InChI=1S/C20H22FN3O3/c1-14-2-4-15(5-3-14)13-22-20(25)16-8-10-23(11-9-16)19-7-6-17(24(26)27)12-18(19)21/h2-7,12,16H,8-11,13H2,1H3,(H,22,25). The minimum atomic E-state index is -0.614. The third-order valence-electron chi connectivity index (χ3n) is 4.94. The normalized spacial score (nSPS) is 14.8. The number of nitrogens with zero attached hydrogens (tertiary/aromatic N) is 2. The Hall–Kier alpha value is -2.96. The molecule has 0 spiro atoms. The minimum absolute atomic E-state index is 0.0133. The van der Waals surface area contributed by atoms with Crippen molar-refractivity contribution in [3.63, 3.8) is 0 Å². The van der Waals surface area contributed by atoms with Gasteiger partial charge in [-0.3, -0.25) is 14.9 Å². The predicted molar refractivity (Wildman–Crippen MR) is 101 cm³/mol. The third-order valence-corrected chi connectivity index (χ3v) is 4.94. The zero-order valence-corrected chi connectivity index (χ0v) is 15.2. The van der Waals surface area contributed by atoms with Crippen molar-refractivity contribution in [2.75, 3.05) is 18.0 Å². The molecule has 1 aliphatic heterocycles. The highest BCUT2D eigenvalue weighted by atomic mass is 19.1. The van der Waals surface area contributed by atoms with Gasteiger partial charge in [-0.2, -0.15) is 0 Å². The fourth-order valence-corrected chi connectivity index (χ4v) is 3.29. The highest BCUT2D eigenvalue weighted by Crippen LogP contribution is 2.28. The monoisotopic (exact) mass is 371 g/mol. The van der Waals surface area contributed by atoms with E-state index in [0.29, 0.717) is 38.2 Å². The molecule has 1 aliphatic rings. The van der Waals surface area contributed by atoms with Gasteiger partial charge in [-0.05, 0) is 31.4 Å². The summed E-state index contributed by atoms with van der Waals surface area (Å²) in [6.07, 6.45) is 1.24. The second-order valence-corrected chi connectivity index (χ2v) is 6.86. The van der Waals surface area contributed by atoms with Gasteiger partial charge in [-0.1, -0.05) is 29.8 Å². The number of carbonyl (C=O) groups excluding carboxylic acids is 1. The van der Waals surface area contributed by atoms with E-state index in [1.54, 1.807) is 0 Å². The molecule has 0 bridgehead atoms. The van der Waals surface area contributed by atoms with Crippen LogP contribution in [0.5, 0.6) is 0 Å². The molecule has 1 amide bonds. The summed E-state index contributed by atoms with van der Waals surface area (Å²) in [6, 6.07) is 11.7. The quantitative estimate of drug-likeness (QED) is 0.644. The number of amides is 1. The number of hydrogen-bond acceptors (Lipinski definition) is 4. The Bertz CT molecular complexity index is 831. The van der Waals surface area contributed by atoms with Gasteiger partial charge in [0.1, 0.15) is 0 Å². The lowest BCUT2D eigenvalue weighted by molar-refractivity contribution is -0.385. The summed E-state index contributed by atoms with van der Waals surface area (Å²) in [7, 11) is 0. The van der Waals surface area contributed by atoms with E-state index in [1.165, 1.54) is 17.7 Å². The molecule has 0 atom stereocenters. The first-order valence-corrected chi connectivity index (χ1v) is 8.96. The highest BCUT2D eigenvalue weighted by molar-refractivity contribution is 5.79. The Morgan fingerprint density at radius 1 is 1.22 bits per heavy atom. The molecule has 2 aromatic rings. The number of carbonyl (C=O) groups is 1. The summed E-state index contributed by atoms with van der Waals surface area (Å²) >= 11 is 0. The Labute approximate surface area is 157 Å². The van der Waals surface area contributed by atoms with Crippen LogP contribution in [0, 0.1) is 28.8 Å². The van der Waals surface area contributed by atoms with E-state index in [9.17, 15) is 19.3 Å². The molecule has 3 rings (SSSR count). The topological polar surface area (TPSA) is 75.5 Å². The Kier molecular flexibility index (Phi) is 5.69. The average Bonchev–Trinajstić information content (AvgIpc) is 2.67. The van der Waals surface area contributed by atoms with Crippen LogP contribution in [0.2, 0.25) is 0 Å². The molecule has 1 N–H and O–H groups in total. The zero-order valence-electron chi connectivity index (χ0n) is 15.2. The van der Waals surface area contributed by atoms with Crippen LogP contribution in [-0.4, -0.2) is 23.9 Å². The van der Waals surface area contributed by atoms with Gasteiger partial charge in [-0.15, -0.1) is 0 Å². The number of hydrogen-bond donors (Lipinski definition) is 1. The van der Waals surface area contributed by atoms with Crippen molar-refractivity contribution in [3.05, 3.63) is 69.5 Å². The summed E-state index contributed by atoms with van der Waals surface area (Å²) in [5.41, 5.74) is 2.32. The van der Waals surface area contributed by atoms with E-state index in [0.717, 1.165) is 11.6 Å². The van der Waals surface area contributed by atoms with Gasteiger partial charge in [-0.25, -0.2) is 4.39 Å². The number of halogens is 1. The molecule has 0 radical (unpaired) electrons. The smallest absolute Gasteiger partial charge is 0.272 e. The van der Waals surface area contributed by atoms with Gasteiger partial charge in [0.2, 0.25) is 5.91 Å². The molecular weight excluding hydrogens is 349 g/mol. The van der Waals surface area contributed by atoms with Crippen LogP contribution in [0.25, 0.3) is 0 Å². The number of aryl methyl sites for hydroxylation is 1. The number of anilines is 1. The maximum absolute atomic E-state index is 14.2. The first kappa shape index (κ1) is 18.8. The first-order chi connectivity index (χ1) is 12.9. The molecule has 27 heavy (non-hydrogen) atoms. The van der Waals surface area contributed by atoms with E-state index in [1.807, 2.05) is 36.1 Å². The fraction of sp³-hybridized carbons (Fsp3) is 0.350. The largest absolute Gasteiger partial charge is 0.369 e. The number of nitrogens with one attached hydrogen (secondary N) is 1. The van der Waals surface area contributed by atoms with Crippen LogP contribution in [0.1, 0.15) is 24.0 Å². The molecule has 1 saturated heterocycles. The number of benzene rings is 2. The number of non-ortho nitro benzene ring substituents is 1. The van der Waals surface area contributed by atoms with Gasteiger partial charge in [0.05, 0.1) is 16.7 Å². The van der Waals surface area contributed by atoms with Crippen molar-refractivity contribution in [1.29, 1.82) is 0 Å². The molecule has 1 fully saturated rings. The maximum Gasteiger partial charge on any atom is 0.272 e. The molecule has 1 heterocycles. The molecule has 0 aliphatic carbocycles. The molecule has 0 saturated carbocycles. The van der Waals surface area contributed by atoms with Crippen molar-refractivity contribution in [2.24, 2.45) is 5.92 Å². The average molecular weight is 371 g/mol. The Balaban J connectivity index is 1.53. The van der Waals surface area contributed by atoms with Crippen LogP contribution in [0.15, 0.2) is 42.5 Å². The predicted octanol–water partition coefficient (Wildman–Crippen LogP) is 3.58. The fourth-order valence-electron chi connectivity index (χ4n) is 3.29. The van der Waals surface area contributed by atoms with Crippen LogP contribution >= 0.6 is 0 Å². The van der Waals surface area contributed by atoms with Gasteiger partial charge >= 0.3 is 0 Å². The first-order valence-electron chi connectivity index (χ1n) is 8.96. The second-order valence-electron chi connectivity index (χ2n) is 6.86. The van der Waals surface area contributed by atoms with Gasteiger partial charge in [0.15, 0.2) is 5.82 Å². The van der Waals surface area contributed by atoms with Crippen LogP contribution in [0.3, 0.4) is 0 Å². The lowest BCUT2D eigenvalue weighted by atomic mass is 9.95. The SMILES string of the molecule is Cc1ccc(CNC(=O)C2CCN(c3ccc([N+](=O)[O-])cc3F)CC2)cc1. The second kappa shape index (κ2) is 8.16. The third kappa shape index (κ3) is 4.61. The van der Waals surface area contributed by atoms with Crippen LogP contribution in [-0.2, 0) is 11.3 Å². The summed E-state index contributed by atoms with van der Waals surface area (Å²) in [5.74, 6) is -0.696. The van der Waals surface area contributed by atoms with E-state index < -0.39 is 10.7 Å². The number of piperidine rings is 1. The number of rotatable bonds is 5. The van der Waals surface area contributed by atoms with Gasteiger partial charge in [0.25, 0.3) is 5.69 Å². The van der Waals surface area contributed by atoms with Crippen molar-refractivity contribution in [3.8, 4) is 0 Å². The highest BCUT2D eigenvalue weighted by Gasteiger charge is 2.26. The Morgan fingerprint density at radius 3 is 2.48 bits per heavy atom. The molecule has 142 valence electrons. The van der Waals surface area contributed by atoms with Gasteiger partial charge < -0.3 is 10.2 Å². The molecule has 6 nitrogen and oxygen atoms in total. The van der Waals surface area contributed by atoms with Crippen molar-refractivity contribution in [1.82, 2.24) is 5.32 Å². The lowest BCUT2D eigenvalue weighted by Crippen LogP contribution is -2.40. The summed E-state index contributed by atoms with van der Waals surface area (Å²) in [6.45, 7) is 3.59. The minimum Gasteiger partial charge on any atom is -0.369 e. The van der Waals surface area contributed by atoms with Crippen LogP contribution in [0.4, 0.5) is 15.8 Å². The van der Waals surface area contributed by atoms with Crippen LogP contribution < -0.4 is 10.2 Å². The molecular formula is C20H22FN3O3. The maximum atomic E-state index is 14.2. The van der Waals surface area contributed by atoms with E-state index in [-0.39, 0.29) is 17.5 Å². The lowest BCUT2D eigenvalue weighted by Gasteiger charge is -2.33. The van der Waals surface area contributed by atoms with Gasteiger partial charge in [0, 0.05) is 31.6 Å². The number of nitro benzene ring substituents is 1.